The van der Waals surface area contributed by atoms with Crippen molar-refractivity contribution in [3.05, 3.63) is 22.7 Å². The van der Waals surface area contributed by atoms with E-state index >= 15 is 0 Å². The van der Waals surface area contributed by atoms with E-state index in [1.807, 2.05) is 6.92 Å². The Labute approximate surface area is 137 Å². The van der Waals surface area contributed by atoms with Crippen molar-refractivity contribution in [3.63, 3.8) is 0 Å². The number of nitrogens with zero attached hydrogens (tertiary/aromatic N) is 4. The molecule has 1 fully saturated rings. The number of nitrogens with one attached hydrogen (secondary N) is 2. The fourth-order valence-electron chi connectivity index (χ4n) is 2.20. The summed E-state index contributed by atoms with van der Waals surface area (Å²) in [6.45, 7) is 2.48. The summed E-state index contributed by atoms with van der Waals surface area (Å²) in [5.74, 6) is 1.06. The van der Waals surface area contributed by atoms with E-state index in [0.717, 1.165) is 23.8 Å². The number of amides is 1. The van der Waals surface area contributed by atoms with Gasteiger partial charge in [0.2, 0.25) is 5.13 Å². The van der Waals surface area contributed by atoms with Crippen molar-refractivity contribution in [1.82, 2.24) is 24.5 Å². The molecule has 0 bridgehead atoms. The van der Waals surface area contributed by atoms with Gasteiger partial charge in [0.1, 0.15) is 11.0 Å². The minimum Gasteiger partial charge on any atom is -0.358 e. The van der Waals surface area contributed by atoms with Gasteiger partial charge in [-0.1, -0.05) is 11.6 Å². The molecular formula is C13H17ClN6OS. The highest BCUT2D eigenvalue weighted by atomic mass is 35.5. The largest absolute Gasteiger partial charge is 0.358 e. The third-order valence-corrected chi connectivity index (χ3v) is 4.68. The van der Waals surface area contributed by atoms with Crippen LogP contribution in [0.3, 0.4) is 0 Å². The van der Waals surface area contributed by atoms with E-state index in [0.29, 0.717) is 23.3 Å². The lowest BCUT2D eigenvalue weighted by atomic mass is 10.2. The van der Waals surface area contributed by atoms with Gasteiger partial charge in [-0.05, 0) is 25.7 Å². The summed E-state index contributed by atoms with van der Waals surface area (Å²) in [6.07, 6.45) is 2.26. The van der Waals surface area contributed by atoms with Crippen LogP contribution in [0.4, 0.5) is 5.13 Å². The predicted molar refractivity (Wildman–Crippen MR) is 85.3 cm³/mol. The fourth-order valence-corrected chi connectivity index (χ4v) is 2.92. The Morgan fingerprint density at radius 3 is 2.91 bits per heavy atom. The minimum atomic E-state index is -0.199. The van der Waals surface area contributed by atoms with Gasteiger partial charge in [-0.15, -0.1) is 0 Å². The first kappa shape index (κ1) is 15.2. The number of hydrogen-bond donors (Lipinski definition) is 2. The molecule has 1 aliphatic carbocycles. The van der Waals surface area contributed by atoms with Gasteiger partial charge in [0.05, 0.1) is 0 Å². The average Bonchev–Trinajstić information content (AvgIpc) is 3.16. The Morgan fingerprint density at radius 2 is 2.36 bits per heavy atom. The second-order valence-electron chi connectivity index (χ2n) is 5.42. The molecule has 0 saturated heterocycles. The molecule has 0 radical (unpaired) electrons. The van der Waals surface area contributed by atoms with Gasteiger partial charge in [-0.25, -0.2) is 4.98 Å². The third kappa shape index (κ3) is 3.56. The first-order valence-electron chi connectivity index (χ1n) is 7.07. The fraction of sp³-hybridized carbons (Fsp3) is 0.538. The first-order chi connectivity index (χ1) is 10.5. The zero-order chi connectivity index (χ0) is 15.7. The van der Waals surface area contributed by atoms with Crippen molar-refractivity contribution in [2.75, 3.05) is 11.9 Å². The van der Waals surface area contributed by atoms with Crippen molar-refractivity contribution in [2.24, 2.45) is 13.0 Å². The highest BCUT2D eigenvalue weighted by Gasteiger charge is 2.33. The summed E-state index contributed by atoms with van der Waals surface area (Å²) in [5, 5.41) is 11.6. The van der Waals surface area contributed by atoms with Crippen molar-refractivity contribution >= 4 is 34.2 Å². The molecule has 7 nitrogen and oxygen atoms in total. The van der Waals surface area contributed by atoms with Crippen LogP contribution in [0.15, 0.2) is 6.07 Å². The average molecular weight is 341 g/mol. The van der Waals surface area contributed by atoms with Crippen LogP contribution in [-0.2, 0) is 7.05 Å². The van der Waals surface area contributed by atoms with Crippen LogP contribution in [0.1, 0.15) is 29.2 Å². The molecule has 3 rings (SSSR count). The molecular weight excluding hydrogens is 324 g/mol. The molecule has 1 aliphatic rings. The Kier molecular flexibility index (Phi) is 4.30. The molecule has 0 spiro atoms. The summed E-state index contributed by atoms with van der Waals surface area (Å²) in [7, 11) is 1.71. The zero-order valence-electron chi connectivity index (χ0n) is 12.3. The van der Waals surface area contributed by atoms with E-state index in [1.165, 1.54) is 16.2 Å². The van der Waals surface area contributed by atoms with Crippen molar-refractivity contribution in [1.29, 1.82) is 0 Å². The van der Waals surface area contributed by atoms with E-state index in [-0.39, 0.29) is 11.9 Å². The minimum absolute atomic E-state index is 0.0532. The number of anilines is 1. The van der Waals surface area contributed by atoms with E-state index < -0.39 is 0 Å². The Bertz CT molecular complexity index is 660. The monoisotopic (exact) mass is 340 g/mol. The van der Waals surface area contributed by atoms with E-state index in [1.54, 1.807) is 13.1 Å². The smallest absolute Gasteiger partial charge is 0.272 e. The van der Waals surface area contributed by atoms with E-state index in [4.69, 9.17) is 11.6 Å². The molecule has 2 N–H and O–H groups in total. The molecule has 22 heavy (non-hydrogen) atoms. The number of hydrogen-bond acceptors (Lipinski definition) is 6. The summed E-state index contributed by atoms with van der Waals surface area (Å²) >= 11 is 7.25. The number of rotatable bonds is 6. The first-order valence-corrected chi connectivity index (χ1v) is 8.22. The molecule has 1 saturated carbocycles. The second kappa shape index (κ2) is 6.21. The Hall–Kier alpha value is -1.67. The highest BCUT2D eigenvalue weighted by molar-refractivity contribution is 7.09. The number of aromatic nitrogens is 4. The van der Waals surface area contributed by atoms with Crippen LogP contribution < -0.4 is 10.6 Å². The molecule has 9 heteroatoms. The topological polar surface area (TPSA) is 84.7 Å². The lowest BCUT2D eigenvalue weighted by Gasteiger charge is -2.17. The van der Waals surface area contributed by atoms with E-state index in [2.05, 4.69) is 25.1 Å². The lowest BCUT2D eigenvalue weighted by molar-refractivity contribution is 0.0928. The van der Waals surface area contributed by atoms with Gasteiger partial charge in [-0.2, -0.15) is 9.47 Å². The van der Waals surface area contributed by atoms with Gasteiger partial charge in [-0.3, -0.25) is 9.48 Å². The van der Waals surface area contributed by atoms with Crippen LogP contribution in [0, 0.1) is 12.8 Å². The maximum Gasteiger partial charge on any atom is 0.272 e. The standard InChI is InChI=1S/C13H17ClN6OS/c1-7-16-13(22-19-7)15-6-10(8-3-4-8)17-12(21)9-5-11(14)20(2)18-9/h5,8,10H,3-4,6H2,1-2H3,(H,17,21)(H,15,16,19). The molecule has 2 heterocycles. The van der Waals surface area contributed by atoms with Gasteiger partial charge in [0, 0.05) is 37.2 Å². The molecule has 0 aromatic carbocycles. The van der Waals surface area contributed by atoms with Crippen LogP contribution in [0.2, 0.25) is 5.15 Å². The molecule has 1 atom stereocenters. The highest BCUT2D eigenvalue weighted by Crippen LogP contribution is 2.33. The quantitative estimate of drug-likeness (QED) is 0.838. The molecule has 1 amide bonds. The summed E-state index contributed by atoms with van der Waals surface area (Å²) in [6, 6.07) is 1.63. The molecule has 0 aliphatic heterocycles. The molecule has 118 valence electrons. The van der Waals surface area contributed by atoms with Crippen LogP contribution in [-0.4, -0.2) is 37.6 Å². The number of halogens is 1. The summed E-state index contributed by atoms with van der Waals surface area (Å²) in [4.78, 5) is 16.5. The van der Waals surface area contributed by atoms with Crippen molar-refractivity contribution in [3.8, 4) is 0 Å². The van der Waals surface area contributed by atoms with Gasteiger partial charge in [0.25, 0.3) is 5.91 Å². The van der Waals surface area contributed by atoms with Crippen molar-refractivity contribution < 1.29 is 4.79 Å². The SMILES string of the molecule is Cc1nsc(NCC(NC(=O)c2cc(Cl)n(C)n2)C2CC2)n1. The molecule has 2 aromatic rings. The number of aryl methyl sites for hydroxylation is 2. The van der Waals surface area contributed by atoms with E-state index in [9.17, 15) is 4.79 Å². The molecule has 1 unspecified atom stereocenters. The van der Waals surface area contributed by atoms with Gasteiger partial charge >= 0.3 is 0 Å². The summed E-state index contributed by atoms with van der Waals surface area (Å²) < 4.78 is 5.61. The van der Waals surface area contributed by atoms with Crippen LogP contribution >= 0.6 is 23.1 Å². The third-order valence-electron chi connectivity index (χ3n) is 3.56. The van der Waals surface area contributed by atoms with Gasteiger partial charge < -0.3 is 10.6 Å². The number of carbonyl (C=O) groups is 1. The second-order valence-corrected chi connectivity index (χ2v) is 6.56. The maximum absolute atomic E-state index is 12.3. The summed E-state index contributed by atoms with van der Waals surface area (Å²) in [5.41, 5.74) is 0.338. The van der Waals surface area contributed by atoms with Gasteiger partial charge in [0.15, 0.2) is 5.69 Å². The van der Waals surface area contributed by atoms with Crippen LogP contribution in [0.5, 0.6) is 0 Å². The predicted octanol–water partition coefficient (Wildman–Crippen LogP) is 1.85. The maximum atomic E-state index is 12.3. The normalized spacial score (nSPS) is 15.6. The van der Waals surface area contributed by atoms with Crippen molar-refractivity contribution in [2.45, 2.75) is 25.8 Å². The Balaban J connectivity index is 1.60. The zero-order valence-corrected chi connectivity index (χ0v) is 13.9. The number of carbonyl (C=O) groups excluding carboxylic acids is 1. The molecule has 2 aromatic heterocycles. The van der Waals surface area contributed by atoms with Crippen LogP contribution in [0.25, 0.3) is 0 Å². The lowest BCUT2D eigenvalue weighted by Crippen LogP contribution is -2.41. The Morgan fingerprint density at radius 1 is 1.59 bits per heavy atom.